The number of benzene rings is 1. The van der Waals surface area contributed by atoms with E-state index in [9.17, 15) is 0 Å². The highest BCUT2D eigenvalue weighted by atomic mass is 16.6. The summed E-state index contributed by atoms with van der Waals surface area (Å²) in [5, 5.41) is 0. The van der Waals surface area contributed by atoms with E-state index in [-0.39, 0.29) is 0 Å². The van der Waals surface area contributed by atoms with Gasteiger partial charge in [0.15, 0.2) is 0 Å². The number of epoxide rings is 1. The largest absolute Gasteiger partial charge is 0.368 e. The molecule has 2 fully saturated rings. The van der Waals surface area contributed by atoms with Crippen LogP contribution in [-0.4, -0.2) is 6.61 Å². The average Bonchev–Trinajstić information content (AvgIpc) is 2.99. The topological polar surface area (TPSA) is 12.5 Å². The van der Waals surface area contributed by atoms with E-state index in [0.717, 1.165) is 12.5 Å². The number of hydrogen-bond donors (Lipinski definition) is 0. The normalized spacial score (nSPS) is 27.2. The second-order valence-electron chi connectivity index (χ2n) is 3.73. The summed E-state index contributed by atoms with van der Waals surface area (Å²) in [7, 11) is 0. The minimum atomic E-state index is 0.432. The lowest BCUT2D eigenvalue weighted by molar-refractivity contribution is 0.414. The van der Waals surface area contributed by atoms with Gasteiger partial charge in [-0.1, -0.05) is 24.3 Å². The van der Waals surface area contributed by atoms with Gasteiger partial charge in [0.05, 0.1) is 6.61 Å². The molecule has 1 aromatic carbocycles. The Labute approximate surface area is 72.4 Å². The molecule has 1 saturated heterocycles. The molecule has 0 amide bonds. The van der Waals surface area contributed by atoms with Gasteiger partial charge in [0.2, 0.25) is 0 Å². The molecule has 0 N–H and O–H groups in total. The zero-order valence-electron chi connectivity index (χ0n) is 6.99. The van der Waals surface area contributed by atoms with Crippen LogP contribution < -0.4 is 0 Å². The smallest absolute Gasteiger partial charge is 0.106 e. The molecule has 12 heavy (non-hydrogen) atoms. The quantitative estimate of drug-likeness (QED) is 0.606. The van der Waals surface area contributed by atoms with E-state index in [0.29, 0.717) is 6.10 Å². The summed E-state index contributed by atoms with van der Waals surface area (Å²) in [5.74, 6) is 0.852. The average molecular weight is 160 g/mol. The van der Waals surface area contributed by atoms with Gasteiger partial charge in [0.25, 0.3) is 0 Å². The SMILES string of the molecule is c1ccc([C@@H]2CO2)c(C2CC2)c1. The van der Waals surface area contributed by atoms with Crippen LogP contribution in [0.2, 0.25) is 0 Å². The Hall–Kier alpha value is -0.820. The molecule has 1 atom stereocenters. The highest BCUT2D eigenvalue weighted by molar-refractivity contribution is 5.36. The van der Waals surface area contributed by atoms with Crippen LogP contribution in [0.1, 0.15) is 36.0 Å². The van der Waals surface area contributed by atoms with Crippen LogP contribution in [0.25, 0.3) is 0 Å². The maximum absolute atomic E-state index is 5.31. The summed E-state index contributed by atoms with van der Waals surface area (Å²) in [4.78, 5) is 0. The van der Waals surface area contributed by atoms with Crippen molar-refractivity contribution in [3.63, 3.8) is 0 Å². The fraction of sp³-hybridized carbons (Fsp3) is 0.455. The van der Waals surface area contributed by atoms with E-state index in [2.05, 4.69) is 24.3 Å². The minimum Gasteiger partial charge on any atom is -0.368 e. The third-order valence-corrected chi connectivity index (χ3v) is 2.69. The van der Waals surface area contributed by atoms with E-state index in [1.807, 2.05) is 0 Å². The lowest BCUT2D eigenvalue weighted by Crippen LogP contribution is -1.89. The Balaban J connectivity index is 2.02. The zero-order chi connectivity index (χ0) is 7.97. The zero-order valence-corrected chi connectivity index (χ0v) is 6.99. The molecule has 1 aliphatic carbocycles. The van der Waals surface area contributed by atoms with Crippen molar-refractivity contribution < 1.29 is 4.74 Å². The van der Waals surface area contributed by atoms with Gasteiger partial charge in [0, 0.05) is 0 Å². The Bertz CT molecular complexity index is 267. The first-order valence-corrected chi connectivity index (χ1v) is 4.65. The number of ether oxygens (including phenoxy) is 1. The Morgan fingerprint density at radius 2 is 1.75 bits per heavy atom. The van der Waals surface area contributed by atoms with Crippen molar-refractivity contribution in [2.24, 2.45) is 0 Å². The lowest BCUT2D eigenvalue weighted by atomic mass is 10.0. The van der Waals surface area contributed by atoms with Crippen LogP contribution >= 0.6 is 0 Å². The first-order valence-electron chi connectivity index (χ1n) is 4.65. The molecule has 1 aromatic rings. The van der Waals surface area contributed by atoms with Gasteiger partial charge in [-0.05, 0) is 29.9 Å². The van der Waals surface area contributed by atoms with Crippen molar-refractivity contribution in [3.05, 3.63) is 35.4 Å². The highest BCUT2D eigenvalue weighted by Gasteiger charge is 2.32. The van der Waals surface area contributed by atoms with Crippen molar-refractivity contribution in [2.75, 3.05) is 6.61 Å². The van der Waals surface area contributed by atoms with Crippen LogP contribution in [0.4, 0.5) is 0 Å². The van der Waals surface area contributed by atoms with Crippen molar-refractivity contribution in [1.82, 2.24) is 0 Å². The maximum atomic E-state index is 5.31. The second-order valence-corrected chi connectivity index (χ2v) is 3.73. The Kier molecular flexibility index (Phi) is 1.30. The molecule has 0 bridgehead atoms. The van der Waals surface area contributed by atoms with Crippen LogP contribution in [0.15, 0.2) is 24.3 Å². The Morgan fingerprint density at radius 3 is 2.33 bits per heavy atom. The van der Waals surface area contributed by atoms with Crippen molar-refractivity contribution in [2.45, 2.75) is 24.9 Å². The molecule has 1 nitrogen and oxygen atoms in total. The summed E-state index contributed by atoms with van der Waals surface area (Å²) >= 11 is 0. The van der Waals surface area contributed by atoms with E-state index in [1.54, 1.807) is 5.56 Å². The van der Waals surface area contributed by atoms with Crippen LogP contribution in [0.5, 0.6) is 0 Å². The summed E-state index contributed by atoms with van der Waals surface area (Å²) < 4.78 is 5.31. The van der Waals surface area contributed by atoms with Gasteiger partial charge in [-0.2, -0.15) is 0 Å². The third kappa shape index (κ3) is 1.05. The van der Waals surface area contributed by atoms with E-state index in [1.165, 1.54) is 18.4 Å². The van der Waals surface area contributed by atoms with Crippen LogP contribution in [0.3, 0.4) is 0 Å². The summed E-state index contributed by atoms with van der Waals surface area (Å²) in [6.45, 7) is 0.934. The molecule has 1 saturated carbocycles. The molecular formula is C11H12O. The highest BCUT2D eigenvalue weighted by Crippen LogP contribution is 2.45. The van der Waals surface area contributed by atoms with Crippen molar-refractivity contribution >= 4 is 0 Å². The first-order chi connectivity index (χ1) is 5.95. The number of rotatable bonds is 2. The van der Waals surface area contributed by atoms with Gasteiger partial charge in [-0.15, -0.1) is 0 Å². The molecule has 62 valence electrons. The van der Waals surface area contributed by atoms with Crippen molar-refractivity contribution in [1.29, 1.82) is 0 Å². The molecular weight excluding hydrogens is 148 g/mol. The molecule has 1 heteroatoms. The van der Waals surface area contributed by atoms with E-state index < -0.39 is 0 Å². The summed E-state index contributed by atoms with van der Waals surface area (Å²) in [6, 6.07) is 8.72. The van der Waals surface area contributed by atoms with Crippen LogP contribution in [0, 0.1) is 0 Å². The molecule has 0 unspecified atom stereocenters. The van der Waals surface area contributed by atoms with E-state index in [4.69, 9.17) is 4.74 Å². The second kappa shape index (κ2) is 2.33. The van der Waals surface area contributed by atoms with Gasteiger partial charge >= 0.3 is 0 Å². The summed E-state index contributed by atoms with van der Waals surface area (Å²) in [5.41, 5.74) is 2.99. The third-order valence-electron chi connectivity index (χ3n) is 2.69. The Morgan fingerprint density at radius 1 is 1.08 bits per heavy atom. The van der Waals surface area contributed by atoms with Gasteiger partial charge in [0.1, 0.15) is 6.10 Å². The molecule has 1 aliphatic heterocycles. The molecule has 0 spiro atoms. The maximum Gasteiger partial charge on any atom is 0.106 e. The van der Waals surface area contributed by atoms with Gasteiger partial charge in [-0.25, -0.2) is 0 Å². The fourth-order valence-electron chi connectivity index (χ4n) is 1.80. The van der Waals surface area contributed by atoms with E-state index >= 15 is 0 Å². The molecule has 0 aromatic heterocycles. The van der Waals surface area contributed by atoms with Crippen LogP contribution in [-0.2, 0) is 4.74 Å². The monoisotopic (exact) mass is 160 g/mol. The summed E-state index contributed by atoms with van der Waals surface area (Å²) in [6.07, 6.45) is 3.19. The molecule has 1 heterocycles. The standard InChI is InChI=1S/C11H12O/c1-2-4-10(11-7-12-11)9(3-1)8-5-6-8/h1-4,8,11H,5-7H2/t11-/m0/s1. The van der Waals surface area contributed by atoms with Crippen molar-refractivity contribution in [3.8, 4) is 0 Å². The predicted octanol–water partition coefficient (Wildman–Crippen LogP) is 2.64. The predicted molar refractivity (Wildman–Crippen MR) is 47.1 cm³/mol. The van der Waals surface area contributed by atoms with Gasteiger partial charge in [-0.3, -0.25) is 0 Å². The van der Waals surface area contributed by atoms with Gasteiger partial charge < -0.3 is 4.74 Å². The fourth-order valence-corrected chi connectivity index (χ4v) is 1.80. The molecule has 3 rings (SSSR count). The molecule has 2 aliphatic rings. The minimum absolute atomic E-state index is 0.432. The molecule has 0 radical (unpaired) electrons. The number of hydrogen-bond acceptors (Lipinski definition) is 1. The first kappa shape index (κ1) is 6.67. The lowest BCUT2D eigenvalue weighted by Gasteiger charge is -2.04.